The lowest BCUT2D eigenvalue weighted by molar-refractivity contribution is -0.862. The SMILES string of the molecule is COc1ccc(NC(=O)C[NH+](C)CC(N)=O)cc1. The average molecular weight is 252 g/mol. The number of rotatable bonds is 6. The van der Waals surface area contributed by atoms with Gasteiger partial charge in [-0.15, -0.1) is 0 Å². The highest BCUT2D eigenvalue weighted by Crippen LogP contribution is 2.14. The second-order valence-corrected chi connectivity index (χ2v) is 4.05. The third-order valence-electron chi connectivity index (χ3n) is 2.31. The largest absolute Gasteiger partial charge is 0.497 e. The number of anilines is 1. The Morgan fingerprint density at radius 1 is 1.28 bits per heavy atom. The molecule has 1 atom stereocenters. The summed E-state index contributed by atoms with van der Waals surface area (Å²) in [6, 6.07) is 7.02. The second-order valence-electron chi connectivity index (χ2n) is 4.05. The van der Waals surface area contributed by atoms with Gasteiger partial charge in [-0.2, -0.15) is 0 Å². The molecule has 0 saturated carbocycles. The molecule has 6 nitrogen and oxygen atoms in total. The van der Waals surface area contributed by atoms with Gasteiger partial charge in [0.05, 0.1) is 14.2 Å². The summed E-state index contributed by atoms with van der Waals surface area (Å²) in [7, 11) is 3.31. The number of quaternary nitrogens is 1. The lowest BCUT2D eigenvalue weighted by Gasteiger charge is -2.11. The predicted octanol–water partition coefficient (Wildman–Crippen LogP) is -1.37. The number of carbonyl (C=O) groups excluding carboxylic acids is 2. The highest BCUT2D eigenvalue weighted by atomic mass is 16.5. The first-order chi connectivity index (χ1) is 8.51. The molecular weight excluding hydrogens is 234 g/mol. The van der Waals surface area contributed by atoms with Crippen LogP contribution < -0.4 is 20.7 Å². The molecule has 98 valence electrons. The minimum absolute atomic E-state index is 0.135. The van der Waals surface area contributed by atoms with Gasteiger partial charge in [0.2, 0.25) is 0 Å². The van der Waals surface area contributed by atoms with E-state index in [1.165, 1.54) is 0 Å². The number of hydrogen-bond acceptors (Lipinski definition) is 3. The molecule has 0 fully saturated rings. The minimum Gasteiger partial charge on any atom is -0.497 e. The van der Waals surface area contributed by atoms with Crippen molar-refractivity contribution in [2.24, 2.45) is 5.73 Å². The lowest BCUT2D eigenvalue weighted by Crippen LogP contribution is -3.11. The first kappa shape index (κ1) is 14.0. The van der Waals surface area contributed by atoms with Crippen LogP contribution in [0.3, 0.4) is 0 Å². The molecule has 1 rings (SSSR count). The number of nitrogens with one attached hydrogen (secondary N) is 2. The summed E-state index contributed by atoms with van der Waals surface area (Å²) in [5.41, 5.74) is 5.74. The van der Waals surface area contributed by atoms with Gasteiger partial charge < -0.3 is 20.7 Å². The van der Waals surface area contributed by atoms with Crippen molar-refractivity contribution in [3.8, 4) is 5.75 Å². The molecule has 0 aliphatic heterocycles. The van der Waals surface area contributed by atoms with Gasteiger partial charge in [-0.05, 0) is 24.3 Å². The molecule has 0 radical (unpaired) electrons. The van der Waals surface area contributed by atoms with Crippen LogP contribution in [-0.4, -0.2) is 39.1 Å². The summed E-state index contributed by atoms with van der Waals surface area (Å²) in [6.07, 6.45) is 0. The van der Waals surface area contributed by atoms with E-state index in [4.69, 9.17) is 10.5 Å². The molecule has 0 saturated heterocycles. The summed E-state index contributed by atoms with van der Waals surface area (Å²) >= 11 is 0. The van der Waals surface area contributed by atoms with Gasteiger partial charge in [0.1, 0.15) is 5.75 Å². The van der Waals surface area contributed by atoms with E-state index in [0.29, 0.717) is 5.69 Å². The number of hydrogen-bond donors (Lipinski definition) is 3. The van der Waals surface area contributed by atoms with E-state index >= 15 is 0 Å². The Bertz CT molecular complexity index is 417. The van der Waals surface area contributed by atoms with E-state index in [9.17, 15) is 9.59 Å². The zero-order chi connectivity index (χ0) is 13.5. The molecule has 0 spiro atoms. The Morgan fingerprint density at radius 3 is 2.39 bits per heavy atom. The van der Waals surface area contributed by atoms with Crippen LogP contribution in [0.25, 0.3) is 0 Å². The van der Waals surface area contributed by atoms with E-state index in [1.54, 1.807) is 38.4 Å². The molecule has 0 bridgehead atoms. The maximum atomic E-state index is 11.6. The van der Waals surface area contributed by atoms with Crippen LogP contribution >= 0.6 is 0 Å². The highest BCUT2D eigenvalue weighted by molar-refractivity contribution is 5.91. The molecule has 1 unspecified atom stereocenters. The monoisotopic (exact) mass is 252 g/mol. The Hall–Kier alpha value is -2.08. The van der Waals surface area contributed by atoms with Crippen molar-refractivity contribution >= 4 is 17.5 Å². The summed E-state index contributed by atoms with van der Waals surface area (Å²) in [5.74, 6) is 0.133. The Balaban J connectivity index is 2.46. The van der Waals surface area contributed by atoms with Crippen LogP contribution in [-0.2, 0) is 9.59 Å². The van der Waals surface area contributed by atoms with Gasteiger partial charge in [-0.1, -0.05) is 0 Å². The van der Waals surface area contributed by atoms with Gasteiger partial charge in [-0.25, -0.2) is 0 Å². The number of likely N-dealkylation sites (N-methyl/N-ethyl adjacent to an activating group) is 1. The fraction of sp³-hybridized carbons (Fsp3) is 0.333. The number of ether oxygens (including phenoxy) is 1. The van der Waals surface area contributed by atoms with Gasteiger partial charge >= 0.3 is 0 Å². The lowest BCUT2D eigenvalue weighted by atomic mass is 10.3. The smallest absolute Gasteiger partial charge is 0.279 e. The fourth-order valence-corrected chi connectivity index (χ4v) is 1.51. The normalized spacial score (nSPS) is 11.7. The third kappa shape index (κ3) is 4.84. The number of nitrogens with two attached hydrogens (primary N) is 1. The molecule has 0 aliphatic carbocycles. The third-order valence-corrected chi connectivity index (χ3v) is 2.31. The van der Waals surface area contributed by atoms with Gasteiger partial charge in [0.15, 0.2) is 13.1 Å². The second kappa shape index (κ2) is 6.61. The van der Waals surface area contributed by atoms with E-state index in [-0.39, 0.29) is 19.0 Å². The molecule has 1 aromatic rings. The summed E-state index contributed by atoms with van der Waals surface area (Å²) in [5, 5.41) is 2.73. The topological polar surface area (TPSA) is 85.9 Å². The van der Waals surface area contributed by atoms with Crippen molar-refractivity contribution in [3.05, 3.63) is 24.3 Å². The summed E-state index contributed by atoms with van der Waals surface area (Å²) in [6.45, 7) is 0.324. The van der Waals surface area contributed by atoms with Crippen molar-refractivity contribution in [1.29, 1.82) is 0 Å². The first-order valence-electron chi connectivity index (χ1n) is 5.54. The fourth-order valence-electron chi connectivity index (χ4n) is 1.51. The zero-order valence-corrected chi connectivity index (χ0v) is 10.5. The summed E-state index contributed by atoms with van der Waals surface area (Å²) < 4.78 is 5.01. The molecule has 18 heavy (non-hydrogen) atoms. The molecule has 0 aromatic heterocycles. The standard InChI is InChI=1S/C12H17N3O3/c1-15(7-11(13)16)8-12(17)14-9-3-5-10(18-2)6-4-9/h3-6H,7-8H2,1-2H3,(H2,13,16)(H,14,17)/p+1. The van der Waals surface area contributed by atoms with Crippen LogP contribution in [0.15, 0.2) is 24.3 Å². The van der Waals surface area contributed by atoms with E-state index in [0.717, 1.165) is 10.6 Å². The summed E-state index contributed by atoms with van der Waals surface area (Å²) in [4.78, 5) is 23.1. The van der Waals surface area contributed by atoms with E-state index < -0.39 is 5.91 Å². The van der Waals surface area contributed by atoms with E-state index in [2.05, 4.69) is 5.32 Å². The van der Waals surface area contributed by atoms with Gasteiger partial charge in [0, 0.05) is 5.69 Å². The predicted molar refractivity (Wildman–Crippen MR) is 67.4 cm³/mol. The van der Waals surface area contributed by atoms with Crippen molar-refractivity contribution < 1.29 is 19.2 Å². The number of methoxy groups -OCH3 is 1. The van der Waals surface area contributed by atoms with Crippen molar-refractivity contribution in [3.63, 3.8) is 0 Å². The average Bonchev–Trinajstić information content (AvgIpc) is 2.28. The van der Waals surface area contributed by atoms with Gasteiger partial charge in [-0.3, -0.25) is 9.59 Å². The van der Waals surface area contributed by atoms with Crippen molar-refractivity contribution in [2.75, 3.05) is 32.6 Å². The van der Waals surface area contributed by atoms with Crippen LogP contribution in [0.2, 0.25) is 0 Å². The molecule has 4 N–H and O–H groups in total. The molecule has 1 aromatic carbocycles. The van der Waals surface area contributed by atoms with Crippen LogP contribution in [0.5, 0.6) is 5.75 Å². The minimum atomic E-state index is -0.426. The van der Waals surface area contributed by atoms with E-state index in [1.807, 2.05) is 0 Å². The first-order valence-corrected chi connectivity index (χ1v) is 5.54. The van der Waals surface area contributed by atoms with Crippen molar-refractivity contribution in [1.82, 2.24) is 0 Å². The molecular formula is C12H18N3O3+. The molecule has 6 heteroatoms. The Morgan fingerprint density at radius 2 is 1.89 bits per heavy atom. The maximum absolute atomic E-state index is 11.6. The Labute approximate surface area is 106 Å². The van der Waals surface area contributed by atoms with Crippen LogP contribution in [0.4, 0.5) is 5.69 Å². The van der Waals surface area contributed by atoms with Crippen LogP contribution in [0.1, 0.15) is 0 Å². The number of primary amides is 1. The van der Waals surface area contributed by atoms with Gasteiger partial charge in [0.25, 0.3) is 11.8 Å². The highest BCUT2D eigenvalue weighted by Gasteiger charge is 2.12. The zero-order valence-electron chi connectivity index (χ0n) is 10.5. The molecule has 0 heterocycles. The molecule has 2 amide bonds. The van der Waals surface area contributed by atoms with Crippen molar-refractivity contribution in [2.45, 2.75) is 0 Å². The number of benzene rings is 1. The number of carbonyl (C=O) groups is 2. The molecule has 0 aliphatic rings. The maximum Gasteiger partial charge on any atom is 0.279 e. The Kier molecular flexibility index (Phi) is 5.13. The van der Waals surface area contributed by atoms with Crippen LogP contribution in [0, 0.1) is 0 Å². The quantitative estimate of drug-likeness (QED) is 0.584. The number of amides is 2.